The van der Waals surface area contributed by atoms with Crippen LogP contribution < -0.4 is 16.0 Å². The molecule has 8 nitrogen and oxygen atoms in total. The van der Waals surface area contributed by atoms with Gasteiger partial charge in [0.05, 0.1) is 22.0 Å². The summed E-state index contributed by atoms with van der Waals surface area (Å²) in [6, 6.07) is 8.71. The van der Waals surface area contributed by atoms with Crippen LogP contribution in [0.4, 0.5) is 11.4 Å². The van der Waals surface area contributed by atoms with Crippen molar-refractivity contribution in [2.75, 3.05) is 24.2 Å². The average molecular weight is 461 g/mol. The van der Waals surface area contributed by atoms with Crippen molar-refractivity contribution in [2.24, 2.45) is 10.3 Å². The summed E-state index contributed by atoms with van der Waals surface area (Å²) in [5, 5.41) is 28.5. The molecule has 1 aromatic heterocycles. The molecule has 0 spiro atoms. The van der Waals surface area contributed by atoms with Crippen LogP contribution in [0.5, 0.6) is 0 Å². The third-order valence-electron chi connectivity index (χ3n) is 4.68. The quantitative estimate of drug-likeness (QED) is 0.235. The summed E-state index contributed by atoms with van der Waals surface area (Å²) in [6.45, 7) is 4.65. The molecule has 1 amide bonds. The first-order chi connectivity index (χ1) is 14.8. The van der Waals surface area contributed by atoms with Gasteiger partial charge in [-0.2, -0.15) is 4.40 Å². The standard InChI is InChI=1S/C21H25N5O3S2/c1-12(2)8-9-24-21(28)17(19(27)18(22)15-5-4-10-30-15)20-25-14-7-6-13(23-3)11-16(14)31(29)26-20/h4-7,10-12,22-23,27H,8-9H2,1-3H3,(H,24,28)(H,25,26)/p+1/b19-17+,22-18?. The maximum absolute atomic E-state index is 13.1. The Labute approximate surface area is 187 Å². The minimum Gasteiger partial charge on any atom is -0.505 e. The predicted molar refractivity (Wildman–Crippen MR) is 126 cm³/mol. The van der Waals surface area contributed by atoms with Gasteiger partial charge in [-0.25, -0.2) is 9.00 Å². The van der Waals surface area contributed by atoms with Gasteiger partial charge in [0.1, 0.15) is 5.71 Å². The molecule has 10 heteroatoms. The van der Waals surface area contributed by atoms with E-state index in [9.17, 15) is 14.1 Å². The van der Waals surface area contributed by atoms with Gasteiger partial charge in [-0.1, -0.05) is 19.9 Å². The van der Waals surface area contributed by atoms with Gasteiger partial charge in [0.2, 0.25) is 0 Å². The number of aliphatic hydroxyl groups excluding tert-OH is 1. The lowest BCUT2D eigenvalue weighted by molar-refractivity contribution is -0.565. The molecule has 0 saturated heterocycles. The number of carbonyl (C=O) groups is 1. The fourth-order valence-electron chi connectivity index (χ4n) is 2.97. The maximum atomic E-state index is 13.1. The second-order valence-corrected chi connectivity index (χ2v) is 9.46. The number of allylic oxidation sites excluding steroid dienone is 1. The zero-order chi connectivity index (χ0) is 22.5. The number of hydrogen-bond donors (Lipinski definition) is 5. The molecule has 2 heterocycles. The lowest BCUT2D eigenvalue weighted by Gasteiger charge is -2.19. The second kappa shape index (κ2) is 9.99. The number of aliphatic hydroxyl groups is 1. The van der Waals surface area contributed by atoms with E-state index < -0.39 is 22.7 Å². The molecule has 0 bridgehead atoms. The highest BCUT2D eigenvalue weighted by atomic mass is 32.2. The molecule has 1 atom stereocenters. The van der Waals surface area contributed by atoms with Gasteiger partial charge in [-0.3, -0.25) is 10.7 Å². The second-order valence-electron chi connectivity index (χ2n) is 7.39. The van der Waals surface area contributed by atoms with E-state index in [1.54, 1.807) is 42.8 Å². The fourth-order valence-corrected chi connectivity index (χ4v) is 4.59. The van der Waals surface area contributed by atoms with E-state index in [-0.39, 0.29) is 17.1 Å². The number of amides is 1. The first kappa shape index (κ1) is 22.9. The summed E-state index contributed by atoms with van der Waals surface area (Å²) in [5.41, 5.74) is 0.982. The van der Waals surface area contributed by atoms with Gasteiger partial charge in [-0.15, -0.1) is 11.3 Å². The van der Waals surface area contributed by atoms with E-state index in [4.69, 9.17) is 5.41 Å². The average Bonchev–Trinajstić information content (AvgIpc) is 3.27. The van der Waals surface area contributed by atoms with E-state index in [0.717, 1.165) is 12.1 Å². The molecule has 0 radical (unpaired) electrons. The Balaban J connectivity index is 2.00. The van der Waals surface area contributed by atoms with Crippen LogP contribution in [0, 0.1) is 11.3 Å². The number of nitrogens with one attached hydrogen (secondary N) is 3. The summed E-state index contributed by atoms with van der Waals surface area (Å²) in [7, 11) is -0.00730. The van der Waals surface area contributed by atoms with Crippen molar-refractivity contribution in [2.45, 2.75) is 25.2 Å². The number of fused-ring (bicyclic) bond motifs is 1. The molecule has 0 aliphatic carbocycles. The smallest absolute Gasteiger partial charge is 0.350 e. The zero-order valence-electron chi connectivity index (χ0n) is 17.6. The molecule has 31 heavy (non-hydrogen) atoms. The van der Waals surface area contributed by atoms with Gasteiger partial charge in [-0.05, 0) is 42.0 Å². The van der Waals surface area contributed by atoms with Crippen LogP contribution in [0.2, 0.25) is 0 Å². The molecular formula is C21H26N5O3S2+. The van der Waals surface area contributed by atoms with Crippen molar-refractivity contribution < 1.29 is 19.4 Å². The highest BCUT2D eigenvalue weighted by Crippen LogP contribution is 2.29. The van der Waals surface area contributed by atoms with Crippen LogP contribution in [0.1, 0.15) is 25.1 Å². The van der Waals surface area contributed by atoms with Gasteiger partial charge < -0.3 is 15.7 Å². The number of rotatable bonds is 8. The first-order valence-corrected chi connectivity index (χ1v) is 11.8. The van der Waals surface area contributed by atoms with Gasteiger partial charge in [0.15, 0.2) is 28.2 Å². The van der Waals surface area contributed by atoms with E-state index in [2.05, 4.69) is 28.9 Å². The van der Waals surface area contributed by atoms with Crippen molar-refractivity contribution >= 4 is 51.2 Å². The highest BCUT2D eigenvalue weighted by molar-refractivity contribution is 7.84. The summed E-state index contributed by atoms with van der Waals surface area (Å²) in [6.07, 6.45) is 0.809. The van der Waals surface area contributed by atoms with E-state index in [0.29, 0.717) is 27.9 Å². The Morgan fingerprint density at radius 3 is 2.81 bits per heavy atom. The fraction of sp³-hybridized carbons (Fsp3) is 0.286. The zero-order valence-corrected chi connectivity index (χ0v) is 19.2. The summed E-state index contributed by atoms with van der Waals surface area (Å²) in [5.74, 6) is -0.544. The maximum Gasteiger partial charge on any atom is 0.350 e. The third-order valence-corrected chi connectivity index (χ3v) is 6.63. The van der Waals surface area contributed by atoms with Crippen molar-refractivity contribution in [1.82, 2.24) is 0 Å². The lowest BCUT2D eigenvalue weighted by atomic mass is 10.1. The summed E-state index contributed by atoms with van der Waals surface area (Å²) in [4.78, 5) is 14.0. The number of nitrogens with two attached hydrogens (primary N) is 1. The predicted octanol–water partition coefficient (Wildman–Crippen LogP) is 2.65. The molecule has 1 aliphatic rings. The minimum absolute atomic E-state index is 0.00681. The number of nitrogens with zero attached hydrogens (tertiary/aromatic N) is 1. The summed E-state index contributed by atoms with van der Waals surface area (Å²) >= 11 is 1.28. The number of quaternary nitrogens is 1. The number of carbonyl (C=O) groups excluding carboxylic acids is 1. The number of primary amides is 1. The molecule has 3 rings (SSSR count). The Morgan fingerprint density at radius 2 is 2.16 bits per heavy atom. The van der Waals surface area contributed by atoms with Gasteiger partial charge in [0, 0.05) is 12.7 Å². The number of benzene rings is 1. The molecule has 164 valence electrons. The largest absolute Gasteiger partial charge is 0.505 e. The van der Waals surface area contributed by atoms with Crippen LogP contribution in [0.15, 0.2) is 56.3 Å². The Morgan fingerprint density at radius 1 is 1.39 bits per heavy atom. The van der Waals surface area contributed by atoms with Gasteiger partial charge >= 0.3 is 5.91 Å². The Kier molecular flexibility index (Phi) is 7.37. The van der Waals surface area contributed by atoms with E-state index in [1.165, 1.54) is 16.7 Å². The molecule has 2 aromatic rings. The monoisotopic (exact) mass is 460 g/mol. The summed E-state index contributed by atoms with van der Waals surface area (Å²) < 4.78 is 16.9. The molecule has 1 aromatic carbocycles. The highest BCUT2D eigenvalue weighted by Gasteiger charge is 2.31. The van der Waals surface area contributed by atoms with Gasteiger partial charge in [0.25, 0.3) is 0 Å². The Hall–Kier alpha value is -2.82. The first-order valence-electron chi connectivity index (χ1n) is 9.85. The van der Waals surface area contributed by atoms with Crippen LogP contribution in [-0.4, -0.2) is 40.4 Å². The molecule has 1 unspecified atom stereocenters. The number of amidine groups is 1. The number of hydrogen-bond acceptors (Lipinski definition) is 7. The van der Waals surface area contributed by atoms with Crippen molar-refractivity contribution in [1.29, 1.82) is 5.41 Å². The van der Waals surface area contributed by atoms with Crippen LogP contribution in [0.3, 0.4) is 0 Å². The normalized spacial score (nSPS) is 16.1. The molecular weight excluding hydrogens is 434 g/mol. The van der Waals surface area contributed by atoms with Crippen LogP contribution >= 0.6 is 11.3 Å². The van der Waals surface area contributed by atoms with Crippen molar-refractivity contribution in [3.63, 3.8) is 0 Å². The topological polar surface area (TPSA) is 131 Å². The van der Waals surface area contributed by atoms with E-state index >= 15 is 0 Å². The molecule has 1 aliphatic heterocycles. The molecule has 0 fully saturated rings. The van der Waals surface area contributed by atoms with Crippen LogP contribution in [-0.2, 0) is 15.8 Å². The van der Waals surface area contributed by atoms with Crippen molar-refractivity contribution in [3.8, 4) is 0 Å². The number of thiophene rings is 1. The van der Waals surface area contributed by atoms with E-state index in [1.807, 2.05) is 0 Å². The third kappa shape index (κ3) is 5.27. The Bertz CT molecular complexity index is 1070. The SMILES string of the molecule is CNc1ccc2c(c1)S(=O)N=C(/C(C(=O)[NH2+]CCC(C)C)=C(\O)C(=N)c1cccs1)N2. The lowest BCUT2D eigenvalue weighted by Crippen LogP contribution is -2.89. The molecule has 6 N–H and O–H groups in total. The number of anilines is 2. The molecule has 0 saturated carbocycles. The van der Waals surface area contributed by atoms with Crippen molar-refractivity contribution in [3.05, 3.63) is 51.9 Å². The minimum atomic E-state index is -1.77. The van der Waals surface area contributed by atoms with Crippen LogP contribution in [0.25, 0.3) is 0 Å².